The predicted octanol–water partition coefficient (Wildman–Crippen LogP) is -3.59. The summed E-state index contributed by atoms with van der Waals surface area (Å²) in [5, 5.41) is 26.8. The number of imide groups is 1. The van der Waals surface area contributed by atoms with E-state index in [1.165, 1.54) is 6.92 Å². The summed E-state index contributed by atoms with van der Waals surface area (Å²) in [6.45, 7) is 1.76. The van der Waals surface area contributed by atoms with E-state index < -0.39 is 52.8 Å². The molecular weight excluding hydrogens is 570 g/mol. The minimum absolute atomic E-state index is 0.0219. The lowest BCUT2D eigenvalue weighted by atomic mass is 10.2. The molecule has 0 spiro atoms. The van der Waals surface area contributed by atoms with Crippen LogP contribution in [0.15, 0.2) is 0 Å². The topological polar surface area (TPSA) is 213 Å². The molecule has 40 heavy (non-hydrogen) atoms. The van der Waals surface area contributed by atoms with E-state index in [-0.39, 0.29) is 83.6 Å². The summed E-state index contributed by atoms with van der Waals surface area (Å²) < 4.78 is 10.1. The van der Waals surface area contributed by atoms with Crippen molar-refractivity contribution in [2.24, 2.45) is 0 Å². The van der Waals surface area contributed by atoms with Gasteiger partial charge in [0.15, 0.2) is 0 Å². The van der Waals surface area contributed by atoms with Gasteiger partial charge < -0.3 is 41.0 Å². The second-order valence-corrected chi connectivity index (χ2v) is 10.1. The van der Waals surface area contributed by atoms with Crippen LogP contribution >= 0.6 is 24.4 Å². The molecule has 0 radical (unpaired) electrons. The highest BCUT2D eigenvalue weighted by atomic mass is 32.2. The molecule has 228 valence electrons. The highest BCUT2D eigenvalue weighted by Gasteiger charge is 2.39. The first kappa shape index (κ1) is 35.6. The number of ether oxygens (including phenoxy) is 2. The zero-order chi connectivity index (χ0) is 29.9. The van der Waals surface area contributed by atoms with Gasteiger partial charge in [-0.15, -0.1) is 11.8 Å². The molecule has 0 saturated carbocycles. The molecule has 0 aliphatic carbocycles. The maximum Gasteiger partial charge on any atom is 0.243 e. The number of hydrogen-bond donors (Lipinski definition) is 7. The zero-order valence-corrected chi connectivity index (χ0v) is 24.1. The van der Waals surface area contributed by atoms with Gasteiger partial charge in [-0.1, -0.05) is 0 Å². The highest BCUT2D eigenvalue weighted by Crippen LogP contribution is 2.26. The SMILES string of the molecule is CC(=O)NC(CSC1CC(=O)N(CCC(=O)NC(CS)C(=O)NCCOCCO)C1=O)C(=O)NCCOCCO. The third-order valence-electron chi connectivity index (χ3n) is 5.32. The minimum Gasteiger partial charge on any atom is -0.394 e. The largest absolute Gasteiger partial charge is 0.394 e. The van der Waals surface area contributed by atoms with Crippen molar-refractivity contribution in [1.82, 2.24) is 26.2 Å². The van der Waals surface area contributed by atoms with E-state index in [1.54, 1.807) is 0 Å². The van der Waals surface area contributed by atoms with E-state index in [4.69, 9.17) is 19.7 Å². The number of carbonyl (C=O) groups excluding carboxylic acids is 6. The summed E-state index contributed by atoms with van der Waals surface area (Å²) in [6.07, 6.45) is -0.337. The van der Waals surface area contributed by atoms with E-state index in [9.17, 15) is 28.8 Å². The number of nitrogens with one attached hydrogen (secondary N) is 4. The molecule has 3 unspecified atom stereocenters. The van der Waals surface area contributed by atoms with Gasteiger partial charge >= 0.3 is 0 Å². The first-order valence-electron chi connectivity index (χ1n) is 12.7. The van der Waals surface area contributed by atoms with Crippen molar-refractivity contribution in [2.75, 3.05) is 70.8 Å². The van der Waals surface area contributed by atoms with Crippen LogP contribution in [0.2, 0.25) is 0 Å². The predicted molar refractivity (Wildman–Crippen MR) is 147 cm³/mol. The van der Waals surface area contributed by atoms with Crippen LogP contribution in [0.1, 0.15) is 19.8 Å². The van der Waals surface area contributed by atoms with Crippen LogP contribution in [0.5, 0.6) is 0 Å². The lowest BCUT2D eigenvalue weighted by Gasteiger charge is -2.19. The smallest absolute Gasteiger partial charge is 0.243 e. The number of likely N-dealkylation sites (tertiary alicyclic amines) is 1. The van der Waals surface area contributed by atoms with Crippen LogP contribution in [0, 0.1) is 0 Å². The van der Waals surface area contributed by atoms with Gasteiger partial charge in [-0.25, -0.2) is 0 Å². The van der Waals surface area contributed by atoms with E-state index in [1.807, 2.05) is 0 Å². The fourth-order valence-electron chi connectivity index (χ4n) is 3.40. The van der Waals surface area contributed by atoms with E-state index in [2.05, 4.69) is 33.9 Å². The molecule has 6 amide bonds. The first-order chi connectivity index (χ1) is 19.1. The quantitative estimate of drug-likeness (QED) is 0.0384. The standard InChI is InChI=1S/C23H39N5O10S2/c1-15(31)26-17(22(35)25-4-9-38-11-7-30)14-40-18-12-20(33)28(23(18)36)5-2-19(32)27-16(13-39)21(34)24-3-8-37-10-6-29/h16-18,29-30,39H,2-14H2,1H3,(H,24,34)(H,25,35)(H,26,31)(H,27,32). The van der Waals surface area contributed by atoms with E-state index in [0.717, 1.165) is 16.7 Å². The van der Waals surface area contributed by atoms with Crippen molar-refractivity contribution < 1.29 is 48.5 Å². The molecule has 1 saturated heterocycles. The highest BCUT2D eigenvalue weighted by molar-refractivity contribution is 8.00. The van der Waals surface area contributed by atoms with Crippen molar-refractivity contribution in [3.63, 3.8) is 0 Å². The molecule has 0 bridgehead atoms. The average molecular weight is 610 g/mol. The Morgan fingerprint density at radius 1 is 0.975 bits per heavy atom. The minimum atomic E-state index is -0.950. The molecule has 17 heteroatoms. The molecule has 1 fully saturated rings. The van der Waals surface area contributed by atoms with Crippen LogP contribution in [0.25, 0.3) is 0 Å². The molecule has 1 aliphatic rings. The van der Waals surface area contributed by atoms with Crippen LogP contribution in [-0.2, 0) is 38.2 Å². The Bertz CT molecular complexity index is 866. The first-order valence-corrected chi connectivity index (χ1v) is 14.4. The van der Waals surface area contributed by atoms with Crippen molar-refractivity contribution in [2.45, 2.75) is 37.1 Å². The fourth-order valence-corrected chi connectivity index (χ4v) is 4.85. The normalized spacial score (nSPS) is 16.4. The maximum atomic E-state index is 12.8. The molecule has 1 heterocycles. The number of carbonyl (C=O) groups is 6. The zero-order valence-electron chi connectivity index (χ0n) is 22.4. The number of aliphatic hydroxyl groups is 2. The molecular formula is C23H39N5O10S2. The van der Waals surface area contributed by atoms with Crippen molar-refractivity contribution >= 4 is 59.8 Å². The second kappa shape index (κ2) is 20.4. The van der Waals surface area contributed by atoms with Gasteiger partial charge in [-0.2, -0.15) is 12.6 Å². The summed E-state index contributed by atoms with van der Waals surface area (Å²) in [5.74, 6) is -2.87. The lowest BCUT2D eigenvalue weighted by molar-refractivity contribution is -0.139. The fraction of sp³-hybridized carbons (Fsp3) is 0.739. The van der Waals surface area contributed by atoms with Gasteiger partial charge in [0, 0.05) is 50.9 Å². The van der Waals surface area contributed by atoms with Crippen molar-refractivity contribution in [1.29, 1.82) is 0 Å². The number of rotatable bonds is 21. The van der Waals surface area contributed by atoms with Gasteiger partial charge in [-0.05, 0) is 0 Å². The Hall–Kier alpha value is -2.44. The van der Waals surface area contributed by atoms with Gasteiger partial charge in [0.2, 0.25) is 35.4 Å². The van der Waals surface area contributed by atoms with Crippen LogP contribution in [0.4, 0.5) is 0 Å². The van der Waals surface area contributed by atoms with Crippen LogP contribution in [0.3, 0.4) is 0 Å². The molecule has 0 aromatic rings. The lowest BCUT2D eigenvalue weighted by Crippen LogP contribution is -2.49. The molecule has 3 atom stereocenters. The molecule has 0 aromatic carbocycles. The third-order valence-corrected chi connectivity index (χ3v) is 6.98. The monoisotopic (exact) mass is 609 g/mol. The second-order valence-electron chi connectivity index (χ2n) is 8.47. The van der Waals surface area contributed by atoms with Gasteiger partial charge in [-0.3, -0.25) is 33.7 Å². The summed E-state index contributed by atoms with van der Waals surface area (Å²) in [5.41, 5.74) is 0. The molecule has 6 N–H and O–H groups in total. The van der Waals surface area contributed by atoms with Crippen molar-refractivity contribution in [3.8, 4) is 0 Å². The van der Waals surface area contributed by atoms with Gasteiger partial charge in [0.25, 0.3) is 0 Å². The summed E-state index contributed by atoms with van der Waals surface area (Å²) in [7, 11) is 0. The maximum absolute atomic E-state index is 12.8. The molecule has 0 aromatic heterocycles. The average Bonchev–Trinajstić information content (AvgIpc) is 3.19. The number of hydrogen-bond acceptors (Lipinski definition) is 12. The summed E-state index contributed by atoms with van der Waals surface area (Å²) >= 11 is 5.13. The number of aliphatic hydroxyl groups excluding tert-OH is 2. The number of thioether (sulfide) groups is 1. The summed E-state index contributed by atoms with van der Waals surface area (Å²) in [6, 6.07) is -1.88. The van der Waals surface area contributed by atoms with E-state index in [0.29, 0.717) is 0 Å². The van der Waals surface area contributed by atoms with Crippen LogP contribution in [-0.4, -0.2) is 139 Å². The molecule has 15 nitrogen and oxygen atoms in total. The third kappa shape index (κ3) is 13.8. The van der Waals surface area contributed by atoms with E-state index >= 15 is 0 Å². The Kier molecular flexibility index (Phi) is 18.2. The molecule has 1 rings (SSSR count). The number of amides is 6. The number of thiol groups is 1. The number of nitrogens with zero attached hydrogens (tertiary/aromatic N) is 1. The Balaban J connectivity index is 2.53. The Morgan fingerprint density at radius 3 is 2.08 bits per heavy atom. The van der Waals surface area contributed by atoms with Crippen molar-refractivity contribution in [3.05, 3.63) is 0 Å². The summed E-state index contributed by atoms with van der Waals surface area (Å²) in [4.78, 5) is 74.8. The Morgan fingerprint density at radius 2 is 1.55 bits per heavy atom. The van der Waals surface area contributed by atoms with Crippen LogP contribution < -0.4 is 21.3 Å². The van der Waals surface area contributed by atoms with Gasteiger partial charge in [0.1, 0.15) is 12.1 Å². The van der Waals surface area contributed by atoms with Gasteiger partial charge in [0.05, 0.1) is 44.9 Å². The molecule has 1 aliphatic heterocycles. The Labute approximate surface area is 242 Å².